The van der Waals surface area contributed by atoms with Crippen molar-refractivity contribution in [2.45, 2.75) is 53.9 Å². The first-order valence-corrected chi connectivity index (χ1v) is 10.5. The van der Waals surface area contributed by atoms with Crippen molar-refractivity contribution in [2.24, 2.45) is 5.41 Å². The van der Waals surface area contributed by atoms with Crippen LogP contribution in [0.3, 0.4) is 0 Å². The van der Waals surface area contributed by atoms with Gasteiger partial charge in [0.2, 0.25) is 0 Å². The third-order valence-electron chi connectivity index (χ3n) is 5.35. The average molecular weight is 391 g/mol. The Kier molecular flexibility index (Phi) is 8.45. The maximum absolute atomic E-state index is 11.6. The van der Waals surface area contributed by atoms with Gasteiger partial charge in [0.15, 0.2) is 0 Å². The molecule has 0 radical (unpaired) electrons. The number of esters is 1. The highest BCUT2D eigenvalue weighted by atomic mass is 16.5. The van der Waals surface area contributed by atoms with Gasteiger partial charge in [-0.25, -0.2) is 4.79 Å². The SMILES string of the molecule is CCOC(=O)C=C(C)C=CC=C(C=CC1=C(C)CCCC1(C)C)c1ccccc1. The van der Waals surface area contributed by atoms with Crippen molar-refractivity contribution in [1.82, 2.24) is 0 Å². The van der Waals surface area contributed by atoms with E-state index in [2.05, 4.69) is 63.3 Å². The molecule has 0 N–H and O–H groups in total. The van der Waals surface area contributed by atoms with Crippen LogP contribution < -0.4 is 0 Å². The Morgan fingerprint density at radius 3 is 2.55 bits per heavy atom. The first kappa shape index (κ1) is 22.7. The minimum Gasteiger partial charge on any atom is -0.463 e. The van der Waals surface area contributed by atoms with E-state index in [0.29, 0.717) is 6.61 Å². The van der Waals surface area contributed by atoms with Crippen LogP contribution in [-0.4, -0.2) is 12.6 Å². The molecule has 154 valence electrons. The predicted octanol–water partition coefficient (Wildman–Crippen LogP) is 7.22. The van der Waals surface area contributed by atoms with Crippen molar-refractivity contribution >= 4 is 11.5 Å². The lowest BCUT2D eigenvalue weighted by atomic mass is 9.72. The van der Waals surface area contributed by atoms with Crippen molar-refractivity contribution in [3.8, 4) is 0 Å². The summed E-state index contributed by atoms with van der Waals surface area (Å²) >= 11 is 0. The van der Waals surface area contributed by atoms with Crippen LogP contribution in [0.2, 0.25) is 0 Å². The van der Waals surface area contributed by atoms with Crippen LogP contribution in [0.25, 0.3) is 5.57 Å². The number of carbonyl (C=O) groups is 1. The van der Waals surface area contributed by atoms with Gasteiger partial charge in [-0.15, -0.1) is 0 Å². The molecular weight excluding hydrogens is 356 g/mol. The van der Waals surface area contributed by atoms with Gasteiger partial charge in [0.25, 0.3) is 0 Å². The molecule has 0 spiro atoms. The second kappa shape index (κ2) is 10.8. The van der Waals surface area contributed by atoms with Crippen LogP contribution in [0, 0.1) is 5.41 Å². The van der Waals surface area contributed by atoms with E-state index in [1.807, 2.05) is 32.1 Å². The highest BCUT2D eigenvalue weighted by molar-refractivity contribution is 5.83. The third kappa shape index (κ3) is 7.05. The summed E-state index contributed by atoms with van der Waals surface area (Å²) in [6, 6.07) is 10.4. The minimum absolute atomic E-state index is 0.218. The summed E-state index contributed by atoms with van der Waals surface area (Å²) in [7, 11) is 0. The second-order valence-corrected chi connectivity index (χ2v) is 8.25. The summed E-state index contributed by atoms with van der Waals surface area (Å²) in [5, 5.41) is 0. The topological polar surface area (TPSA) is 26.3 Å². The summed E-state index contributed by atoms with van der Waals surface area (Å²) in [4.78, 5) is 11.6. The smallest absolute Gasteiger partial charge is 0.330 e. The molecule has 1 aromatic rings. The normalized spacial score (nSPS) is 18.0. The van der Waals surface area contributed by atoms with E-state index in [1.165, 1.54) is 42.0 Å². The predicted molar refractivity (Wildman–Crippen MR) is 123 cm³/mol. The fourth-order valence-electron chi connectivity index (χ4n) is 3.78. The first-order chi connectivity index (χ1) is 13.8. The summed E-state index contributed by atoms with van der Waals surface area (Å²) in [6.45, 7) is 11.0. The van der Waals surface area contributed by atoms with Gasteiger partial charge in [0, 0.05) is 6.08 Å². The molecule has 2 heteroatoms. The summed E-state index contributed by atoms with van der Waals surface area (Å²) in [5.74, 6) is -0.302. The third-order valence-corrected chi connectivity index (χ3v) is 5.35. The van der Waals surface area contributed by atoms with E-state index in [1.54, 1.807) is 0 Å². The van der Waals surface area contributed by atoms with Crippen molar-refractivity contribution in [2.75, 3.05) is 6.61 Å². The van der Waals surface area contributed by atoms with E-state index in [-0.39, 0.29) is 11.4 Å². The lowest BCUT2D eigenvalue weighted by molar-refractivity contribution is -0.137. The Morgan fingerprint density at radius 2 is 1.90 bits per heavy atom. The molecule has 0 bridgehead atoms. The lowest BCUT2D eigenvalue weighted by Gasteiger charge is -2.33. The zero-order valence-electron chi connectivity index (χ0n) is 18.5. The van der Waals surface area contributed by atoms with E-state index in [0.717, 1.165) is 11.1 Å². The van der Waals surface area contributed by atoms with Crippen LogP contribution in [0.15, 0.2) is 83.5 Å². The number of carbonyl (C=O) groups excluding carboxylic acids is 1. The average Bonchev–Trinajstić information content (AvgIpc) is 2.66. The largest absolute Gasteiger partial charge is 0.463 e. The van der Waals surface area contributed by atoms with Crippen LogP contribution in [-0.2, 0) is 9.53 Å². The zero-order chi connectivity index (χ0) is 21.3. The van der Waals surface area contributed by atoms with E-state index >= 15 is 0 Å². The van der Waals surface area contributed by atoms with Crippen molar-refractivity contribution < 1.29 is 9.53 Å². The van der Waals surface area contributed by atoms with Crippen molar-refractivity contribution in [3.63, 3.8) is 0 Å². The maximum atomic E-state index is 11.6. The molecule has 0 aliphatic heterocycles. The Morgan fingerprint density at radius 1 is 1.17 bits per heavy atom. The highest BCUT2D eigenvalue weighted by Crippen LogP contribution is 2.41. The standard InChI is InChI=1S/C27H34O2/c1-6-29-26(28)20-21(2)12-10-16-24(23-14-8-7-9-15-23)17-18-25-22(3)13-11-19-27(25,4)5/h7-10,12,14-18,20H,6,11,13,19H2,1-5H3. The quantitative estimate of drug-likeness (QED) is 0.279. The summed E-state index contributed by atoms with van der Waals surface area (Å²) in [6.07, 6.45) is 15.7. The van der Waals surface area contributed by atoms with Gasteiger partial charge >= 0.3 is 5.97 Å². The number of allylic oxidation sites excluding steroid dienone is 9. The Bertz CT molecular complexity index is 846. The van der Waals surface area contributed by atoms with Crippen LogP contribution in [0.5, 0.6) is 0 Å². The van der Waals surface area contributed by atoms with E-state index in [9.17, 15) is 4.79 Å². The Labute approximate surface area is 176 Å². The van der Waals surface area contributed by atoms with E-state index < -0.39 is 0 Å². The van der Waals surface area contributed by atoms with Crippen LogP contribution in [0.1, 0.15) is 59.4 Å². The molecule has 1 aliphatic carbocycles. The zero-order valence-corrected chi connectivity index (χ0v) is 18.5. The maximum Gasteiger partial charge on any atom is 0.330 e. The molecule has 29 heavy (non-hydrogen) atoms. The second-order valence-electron chi connectivity index (χ2n) is 8.25. The molecule has 0 unspecified atom stereocenters. The molecule has 1 aromatic carbocycles. The van der Waals surface area contributed by atoms with Gasteiger partial charge in [-0.3, -0.25) is 0 Å². The van der Waals surface area contributed by atoms with Gasteiger partial charge in [0.05, 0.1) is 6.61 Å². The van der Waals surface area contributed by atoms with Crippen LogP contribution >= 0.6 is 0 Å². The molecule has 0 amide bonds. The lowest BCUT2D eigenvalue weighted by Crippen LogP contribution is -2.19. The van der Waals surface area contributed by atoms with Gasteiger partial charge in [-0.2, -0.15) is 0 Å². The van der Waals surface area contributed by atoms with Crippen LogP contribution in [0.4, 0.5) is 0 Å². The monoisotopic (exact) mass is 390 g/mol. The van der Waals surface area contributed by atoms with Crippen molar-refractivity contribution in [3.05, 3.63) is 89.1 Å². The van der Waals surface area contributed by atoms with Crippen molar-refractivity contribution in [1.29, 1.82) is 0 Å². The summed E-state index contributed by atoms with van der Waals surface area (Å²) in [5.41, 5.74) is 6.35. The molecular formula is C27H34O2. The molecule has 0 fully saturated rings. The molecule has 0 atom stereocenters. The van der Waals surface area contributed by atoms with Gasteiger partial charge < -0.3 is 4.74 Å². The number of hydrogen-bond donors (Lipinski definition) is 0. The Balaban J connectivity index is 2.30. The molecule has 2 nitrogen and oxygen atoms in total. The molecule has 2 rings (SSSR count). The fraction of sp³-hybridized carbons (Fsp3) is 0.370. The molecule has 0 heterocycles. The highest BCUT2D eigenvalue weighted by Gasteiger charge is 2.26. The number of benzene rings is 1. The number of rotatable bonds is 7. The minimum atomic E-state index is -0.302. The Hall–Kier alpha value is -2.61. The van der Waals surface area contributed by atoms with Gasteiger partial charge in [-0.05, 0) is 67.7 Å². The molecule has 0 aromatic heterocycles. The molecule has 0 saturated carbocycles. The summed E-state index contributed by atoms with van der Waals surface area (Å²) < 4.78 is 4.96. The van der Waals surface area contributed by atoms with E-state index in [4.69, 9.17) is 4.74 Å². The molecule has 0 saturated heterocycles. The number of ether oxygens (including phenoxy) is 1. The molecule has 1 aliphatic rings. The first-order valence-electron chi connectivity index (χ1n) is 10.5. The van der Waals surface area contributed by atoms with Gasteiger partial charge in [-0.1, -0.05) is 80.1 Å². The van der Waals surface area contributed by atoms with Gasteiger partial charge in [0.1, 0.15) is 0 Å². The number of hydrogen-bond acceptors (Lipinski definition) is 2. The fourth-order valence-corrected chi connectivity index (χ4v) is 3.78.